The standard InChI is InChI=1S/C19H11F5N2O2.C14H11ClFNO4/c20-12-6-7-16(15(21)10-12)26-17(27)14-5-2-8-25-18(14)28-13-4-1-3-11(9-13)19(22,23)24;1-8(14(18)19)20-10-2-4-11(5-3-10)21-13-12(16)6-9(15)7-17-13/h1-10H,(H,26,27);2-8H,1H3,(H,18,19)/t;8-/m.1/s1. The molecule has 0 fully saturated rings. The van der Waals surface area contributed by atoms with Crippen LogP contribution in [0.1, 0.15) is 22.8 Å². The van der Waals surface area contributed by atoms with Crippen LogP contribution in [-0.4, -0.2) is 33.1 Å². The van der Waals surface area contributed by atoms with Crippen LogP contribution < -0.4 is 19.5 Å². The second-order valence-electron chi connectivity index (χ2n) is 9.67. The highest BCUT2D eigenvalue weighted by Gasteiger charge is 2.31. The van der Waals surface area contributed by atoms with Crippen LogP contribution in [0.3, 0.4) is 0 Å². The van der Waals surface area contributed by atoms with Gasteiger partial charge in [-0.25, -0.2) is 27.9 Å². The van der Waals surface area contributed by atoms with Gasteiger partial charge in [0.25, 0.3) is 11.8 Å². The molecule has 0 aliphatic carbocycles. The quantitative estimate of drug-likeness (QED) is 0.146. The number of aliphatic carboxylic acids is 1. The van der Waals surface area contributed by atoms with Gasteiger partial charge in [0.05, 0.1) is 16.3 Å². The van der Waals surface area contributed by atoms with E-state index < -0.39 is 47.2 Å². The number of carboxylic acids is 1. The van der Waals surface area contributed by atoms with Crippen LogP contribution in [-0.2, 0) is 11.0 Å². The first-order valence-electron chi connectivity index (χ1n) is 13.7. The molecule has 0 radical (unpaired) electrons. The van der Waals surface area contributed by atoms with Crippen molar-refractivity contribution in [3.8, 4) is 29.0 Å². The van der Waals surface area contributed by atoms with Crippen LogP contribution in [0.25, 0.3) is 0 Å². The van der Waals surface area contributed by atoms with Gasteiger partial charge in [0.1, 0.15) is 34.4 Å². The lowest BCUT2D eigenvalue weighted by molar-refractivity contribution is -0.144. The topological polar surface area (TPSA) is 120 Å². The highest BCUT2D eigenvalue weighted by molar-refractivity contribution is 6.30. The summed E-state index contributed by atoms with van der Waals surface area (Å²) in [6.45, 7) is 1.42. The van der Waals surface area contributed by atoms with E-state index in [4.69, 9.17) is 30.9 Å². The maximum absolute atomic E-state index is 13.7. The molecule has 9 nitrogen and oxygen atoms in total. The van der Waals surface area contributed by atoms with E-state index in [-0.39, 0.29) is 33.8 Å². The normalized spacial score (nSPS) is 11.4. The van der Waals surface area contributed by atoms with Gasteiger partial charge in [0.15, 0.2) is 11.9 Å². The van der Waals surface area contributed by atoms with Crippen molar-refractivity contribution in [1.29, 1.82) is 0 Å². The fourth-order valence-corrected chi connectivity index (χ4v) is 3.85. The van der Waals surface area contributed by atoms with Crippen LogP contribution >= 0.6 is 11.6 Å². The van der Waals surface area contributed by atoms with Gasteiger partial charge in [0, 0.05) is 18.5 Å². The maximum atomic E-state index is 13.7. The zero-order valence-corrected chi connectivity index (χ0v) is 25.6. The molecule has 1 amide bonds. The molecule has 5 aromatic rings. The van der Waals surface area contributed by atoms with Crippen molar-refractivity contribution in [2.75, 3.05) is 5.32 Å². The number of anilines is 1. The van der Waals surface area contributed by atoms with Crippen LogP contribution in [0.2, 0.25) is 5.02 Å². The number of amides is 1. The van der Waals surface area contributed by atoms with Crippen molar-refractivity contribution in [3.63, 3.8) is 0 Å². The number of ether oxygens (including phenoxy) is 3. The van der Waals surface area contributed by atoms with E-state index in [0.29, 0.717) is 17.6 Å². The Bertz CT molecular complexity index is 1950. The van der Waals surface area contributed by atoms with Gasteiger partial charge >= 0.3 is 12.1 Å². The zero-order chi connectivity index (χ0) is 35.7. The van der Waals surface area contributed by atoms with Crippen molar-refractivity contribution in [3.05, 3.63) is 131 Å². The van der Waals surface area contributed by atoms with E-state index in [1.807, 2.05) is 0 Å². The van der Waals surface area contributed by atoms with Crippen molar-refractivity contribution >= 4 is 29.2 Å². The Morgan fingerprint density at radius 2 is 1.51 bits per heavy atom. The molecule has 16 heteroatoms. The molecule has 0 unspecified atom stereocenters. The summed E-state index contributed by atoms with van der Waals surface area (Å²) in [5.41, 5.74) is -1.36. The Balaban J connectivity index is 0.000000230. The molecule has 0 spiro atoms. The number of carboxylic acid groups (broad SMARTS) is 1. The summed E-state index contributed by atoms with van der Waals surface area (Å²) in [6.07, 6.45) is -2.99. The Hall–Kier alpha value is -5.83. The highest BCUT2D eigenvalue weighted by Crippen LogP contribution is 2.33. The number of halogens is 7. The Kier molecular flexibility index (Phi) is 11.6. The van der Waals surface area contributed by atoms with Gasteiger partial charge in [-0.2, -0.15) is 13.2 Å². The predicted octanol–water partition coefficient (Wildman–Crippen LogP) is 8.94. The highest BCUT2D eigenvalue weighted by atomic mass is 35.5. The smallest absolute Gasteiger partial charge is 0.416 e. The van der Waals surface area contributed by atoms with Gasteiger partial charge in [-0.05, 0) is 79.7 Å². The van der Waals surface area contributed by atoms with Crippen LogP contribution in [0.15, 0.2) is 97.3 Å². The lowest BCUT2D eigenvalue weighted by Crippen LogP contribution is -2.22. The summed E-state index contributed by atoms with van der Waals surface area (Å²) >= 11 is 5.59. The number of alkyl halides is 3. The first kappa shape index (κ1) is 36.0. The first-order chi connectivity index (χ1) is 23.2. The Labute approximate surface area is 278 Å². The number of nitrogens with zero attached hydrogens (tertiary/aromatic N) is 2. The molecule has 0 bridgehead atoms. The van der Waals surface area contributed by atoms with E-state index >= 15 is 0 Å². The molecule has 1 atom stereocenters. The number of hydrogen-bond donors (Lipinski definition) is 2. The monoisotopic (exact) mass is 705 g/mol. The number of pyridine rings is 2. The molecule has 0 aliphatic heterocycles. The maximum Gasteiger partial charge on any atom is 0.416 e. The summed E-state index contributed by atoms with van der Waals surface area (Å²) < 4.78 is 94.4. The summed E-state index contributed by atoms with van der Waals surface area (Å²) in [5.74, 6) is -4.35. The summed E-state index contributed by atoms with van der Waals surface area (Å²) in [4.78, 5) is 30.7. The van der Waals surface area contributed by atoms with Crippen molar-refractivity contribution in [1.82, 2.24) is 9.97 Å². The average molecular weight is 706 g/mol. The second-order valence-corrected chi connectivity index (χ2v) is 10.1. The first-order valence-corrected chi connectivity index (χ1v) is 14.1. The third-order valence-corrected chi connectivity index (χ3v) is 6.25. The molecular formula is C33H22ClF6N3O6. The van der Waals surface area contributed by atoms with Crippen molar-refractivity contribution < 1.29 is 55.2 Å². The molecule has 0 saturated carbocycles. The number of carbonyl (C=O) groups is 2. The summed E-state index contributed by atoms with van der Waals surface area (Å²) in [6, 6.07) is 16.5. The van der Waals surface area contributed by atoms with Crippen molar-refractivity contribution in [2.24, 2.45) is 0 Å². The SMILES string of the molecule is C[C@@H](Oc1ccc(Oc2ncc(Cl)cc2F)cc1)C(=O)O.O=C(Nc1ccc(F)cc1F)c1cccnc1Oc1cccc(C(F)(F)F)c1. The Morgan fingerprint density at radius 1 is 0.816 bits per heavy atom. The fourth-order valence-electron chi connectivity index (χ4n) is 3.70. The lowest BCUT2D eigenvalue weighted by atomic mass is 10.2. The van der Waals surface area contributed by atoms with Gasteiger partial charge in [-0.1, -0.05) is 17.7 Å². The van der Waals surface area contributed by atoms with Crippen LogP contribution in [0.5, 0.6) is 29.0 Å². The number of nitrogens with one attached hydrogen (secondary N) is 1. The van der Waals surface area contributed by atoms with Crippen LogP contribution in [0.4, 0.5) is 32.0 Å². The fraction of sp³-hybridized carbons (Fsp3) is 0.0909. The van der Waals surface area contributed by atoms with E-state index in [2.05, 4.69) is 15.3 Å². The van der Waals surface area contributed by atoms with E-state index in [1.54, 1.807) is 0 Å². The average Bonchev–Trinajstić information content (AvgIpc) is 3.05. The molecular weight excluding hydrogens is 684 g/mol. The molecule has 3 aromatic carbocycles. The van der Waals surface area contributed by atoms with E-state index in [0.717, 1.165) is 36.4 Å². The van der Waals surface area contributed by atoms with Gasteiger partial charge in [-0.15, -0.1) is 0 Å². The largest absolute Gasteiger partial charge is 0.479 e. The Morgan fingerprint density at radius 3 is 2.16 bits per heavy atom. The molecule has 2 aromatic heterocycles. The molecule has 5 rings (SSSR count). The molecule has 0 aliphatic rings. The summed E-state index contributed by atoms with van der Waals surface area (Å²) in [5, 5.41) is 11.1. The van der Waals surface area contributed by atoms with Crippen molar-refractivity contribution in [2.45, 2.75) is 19.2 Å². The van der Waals surface area contributed by atoms with Gasteiger partial charge in [0.2, 0.25) is 5.88 Å². The second kappa shape index (κ2) is 15.8. The molecule has 2 heterocycles. The minimum atomic E-state index is -4.57. The summed E-state index contributed by atoms with van der Waals surface area (Å²) in [7, 11) is 0. The number of rotatable bonds is 9. The van der Waals surface area contributed by atoms with Crippen LogP contribution in [0, 0.1) is 17.5 Å². The van der Waals surface area contributed by atoms with Gasteiger partial charge in [-0.3, -0.25) is 4.79 Å². The minimum Gasteiger partial charge on any atom is -0.479 e. The third kappa shape index (κ3) is 10.3. The predicted molar refractivity (Wildman–Crippen MR) is 164 cm³/mol. The number of hydrogen-bond acceptors (Lipinski definition) is 7. The number of carbonyl (C=O) groups excluding carboxylic acids is 1. The molecule has 49 heavy (non-hydrogen) atoms. The third-order valence-electron chi connectivity index (χ3n) is 6.04. The molecule has 2 N–H and O–H groups in total. The molecule has 254 valence electrons. The minimum absolute atomic E-state index is 0.149. The lowest BCUT2D eigenvalue weighted by Gasteiger charge is -2.12. The molecule has 0 saturated heterocycles. The van der Waals surface area contributed by atoms with Gasteiger partial charge < -0.3 is 24.6 Å². The van der Waals surface area contributed by atoms with E-state index in [1.165, 1.54) is 61.8 Å². The zero-order valence-electron chi connectivity index (χ0n) is 24.8. The number of benzene rings is 3. The van der Waals surface area contributed by atoms with E-state index in [9.17, 15) is 35.9 Å². The number of aromatic nitrogens is 2.